The summed E-state index contributed by atoms with van der Waals surface area (Å²) in [5, 5.41) is 2.00. The molecular weight excluding hydrogens is 434 g/mol. The molecule has 1 fully saturated rings. The van der Waals surface area contributed by atoms with Crippen molar-refractivity contribution in [2.75, 3.05) is 32.7 Å². The van der Waals surface area contributed by atoms with Crippen LogP contribution in [0.5, 0.6) is 0 Å². The van der Waals surface area contributed by atoms with Gasteiger partial charge in [0, 0.05) is 74.7 Å². The molecule has 0 saturated carbocycles. The summed E-state index contributed by atoms with van der Waals surface area (Å²) in [7, 11) is -3.62. The Balaban J connectivity index is 1.32. The average Bonchev–Trinajstić information content (AvgIpc) is 2.76. The zero-order valence-electron chi connectivity index (χ0n) is 17.4. The molecular formula is C22H26ClN5O2S. The van der Waals surface area contributed by atoms with Crippen molar-refractivity contribution in [3.63, 3.8) is 0 Å². The van der Waals surface area contributed by atoms with Gasteiger partial charge in [0.2, 0.25) is 10.0 Å². The molecule has 3 heterocycles. The molecule has 1 atom stereocenters. The molecule has 1 aromatic carbocycles. The number of hydrogen-bond donors (Lipinski definition) is 1. The molecule has 3 aromatic rings. The first kappa shape index (κ1) is 22.1. The number of benzene rings is 1. The van der Waals surface area contributed by atoms with Crippen molar-refractivity contribution in [3.8, 4) is 0 Å². The van der Waals surface area contributed by atoms with Crippen LogP contribution in [0.25, 0.3) is 10.8 Å². The molecule has 2 aromatic heterocycles. The Morgan fingerprint density at radius 2 is 1.84 bits per heavy atom. The number of halogens is 1. The van der Waals surface area contributed by atoms with Crippen LogP contribution in [0.3, 0.4) is 0 Å². The summed E-state index contributed by atoms with van der Waals surface area (Å²) in [6.07, 6.45) is 5.11. The first-order valence-electron chi connectivity index (χ1n) is 10.3. The van der Waals surface area contributed by atoms with Gasteiger partial charge in [-0.25, -0.2) is 18.1 Å². The molecule has 7 nitrogen and oxygen atoms in total. The van der Waals surface area contributed by atoms with Gasteiger partial charge in [-0.15, -0.1) is 0 Å². The Kier molecular flexibility index (Phi) is 6.83. The number of sulfonamides is 1. The van der Waals surface area contributed by atoms with Gasteiger partial charge in [0.15, 0.2) is 0 Å². The number of nitrogens with one attached hydrogen (secondary N) is 1. The lowest BCUT2D eigenvalue weighted by Gasteiger charge is -2.36. The highest BCUT2D eigenvalue weighted by Gasteiger charge is 2.23. The van der Waals surface area contributed by atoms with E-state index < -0.39 is 10.0 Å². The molecule has 0 unspecified atom stereocenters. The maximum atomic E-state index is 13.0. The first-order chi connectivity index (χ1) is 14.9. The number of rotatable bonds is 7. The fourth-order valence-corrected chi connectivity index (χ4v) is 5.54. The predicted octanol–water partition coefficient (Wildman–Crippen LogP) is 2.77. The van der Waals surface area contributed by atoms with E-state index >= 15 is 0 Å². The van der Waals surface area contributed by atoms with Crippen LogP contribution in [0, 0.1) is 0 Å². The van der Waals surface area contributed by atoms with E-state index in [-0.39, 0.29) is 6.04 Å². The summed E-state index contributed by atoms with van der Waals surface area (Å²) in [6.45, 7) is 7.07. The zero-order chi connectivity index (χ0) is 21.8. The molecule has 0 amide bonds. The van der Waals surface area contributed by atoms with Crippen molar-refractivity contribution in [3.05, 3.63) is 65.7 Å². The fraction of sp³-hybridized carbons (Fsp3) is 0.364. The van der Waals surface area contributed by atoms with Gasteiger partial charge in [0.1, 0.15) is 5.15 Å². The smallest absolute Gasteiger partial charge is 0.241 e. The molecule has 0 aliphatic carbocycles. The Bertz CT molecular complexity index is 1130. The van der Waals surface area contributed by atoms with Crippen molar-refractivity contribution in [1.29, 1.82) is 0 Å². The standard InChI is InChI=1S/C22H26ClN5O2S/c1-17(26-31(29,30)21-4-2-3-19-14-24-8-7-20(19)21)15-27-9-11-28(12-10-27)16-18-5-6-22(23)25-13-18/h2-8,13-14,17,26H,9-12,15-16H2,1H3/t17-/m1/s1. The molecule has 9 heteroatoms. The summed E-state index contributed by atoms with van der Waals surface area (Å²) in [5.74, 6) is 0. The third-order valence-electron chi connectivity index (χ3n) is 5.48. The van der Waals surface area contributed by atoms with Gasteiger partial charge in [-0.2, -0.15) is 0 Å². The summed E-state index contributed by atoms with van der Waals surface area (Å²) >= 11 is 5.85. The lowest BCUT2D eigenvalue weighted by Crippen LogP contribution is -2.50. The predicted molar refractivity (Wildman–Crippen MR) is 122 cm³/mol. The Morgan fingerprint density at radius 1 is 1.06 bits per heavy atom. The maximum Gasteiger partial charge on any atom is 0.241 e. The van der Waals surface area contributed by atoms with Crippen LogP contribution >= 0.6 is 11.6 Å². The van der Waals surface area contributed by atoms with Crippen LogP contribution in [-0.2, 0) is 16.6 Å². The van der Waals surface area contributed by atoms with Crippen LogP contribution in [0.1, 0.15) is 12.5 Å². The molecule has 1 saturated heterocycles. The molecule has 0 radical (unpaired) electrons. The van der Waals surface area contributed by atoms with E-state index in [0.717, 1.165) is 43.7 Å². The normalized spacial score (nSPS) is 17.1. The minimum absolute atomic E-state index is 0.200. The topological polar surface area (TPSA) is 78.4 Å². The number of nitrogens with zero attached hydrogens (tertiary/aromatic N) is 4. The van der Waals surface area contributed by atoms with E-state index in [9.17, 15) is 8.42 Å². The highest BCUT2D eigenvalue weighted by atomic mass is 35.5. The summed E-state index contributed by atoms with van der Waals surface area (Å²) in [6, 6.07) is 10.6. The summed E-state index contributed by atoms with van der Waals surface area (Å²) in [5.41, 5.74) is 1.14. The summed E-state index contributed by atoms with van der Waals surface area (Å²) < 4.78 is 28.9. The van der Waals surface area contributed by atoms with Crippen molar-refractivity contribution in [1.82, 2.24) is 24.5 Å². The van der Waals surface area contributed by atoms with Crippen molar-refractivity contribution < 1.29 is 8.42 Å². The highest BCUT2D eigenvalue weighted by molar-refractivity contribution is 7.89. The van der Waals surface area contributed by atoms with Gasteiger partial charge >= 0.3 is 0 Å². The van der Waals surface area contributed by atoms with E-state index in [4.69, 9.17) is 11.6 Å². The van der Waals surface area contributed by atoms with Crippen molar-refractivity contribution >= 4 is 32.4 Å². The lowest BCUT2D eigenvalue weighted by molar-refractivity contribution is 0.122. The monoisotopic (exact) mass is 459 g/mol. The average molecular weight is 460 g/mol. The number of pyridine rings is 2. The van der Waals surface area contributed by atoms with Gasteiger partial charge in [-0.05, 0) is 30.7 Å². The Hall–Kier alpha value is -2.10. The van der Waals surface area contributed by atoms with Crippen LogP contribution in [0.4, 0.5) is 0 Å². The molecule has 0 spiro atoms. The van der Waals surface area contributed by atoms with E-state index in [0.29, 0.717) is 22.0 Å². The zero-order valence-corrected chi connectivity index (χ0v) is 19.0. The molecule has 4 rings (SSSR count). The lowest BCUT2D eigenvalue weighted by atomic mass is 10.2. The number of fused-ring (bicyclic) bond motifs is 1. The molecule has 1 aliphatic rings. The minimum Gasteiger partial charge on any atom is -0.299 e. The largest absolute Gasteiger partial charge is 0.299 e. The van der Waals surface area contributed by atoms with E-state index in [1.165, 1.54) is 0 Å². The van der Waals surface area contributed by atoms with E-state index in [2.05, 4.69) is 24.5 Å². The van der Waals surface area contributed by atoms with Crippen LogP contribution in [-0.4, -0.2) is 67.0 Å². The molecule has 31 heavy (non-hydrogen) atoms. The Labute approximate surface area is 188 Å². The number of aromatic nitrogens is 2. The van der Waals surface area contributed by atoms with Crippen LogP contribution in [0.2, 0.25) is 5.15 Å². The first-order valence-corrected chi connectivity index (χ1v) is 12.2. The van der Waals surface area contributed by atoms with Gasteiger partial charge < -0.3 is 0 Å². The maximum absolute atomic E-state index is 13.0. The van der Waals surface area contributed by atoms with Crippen LogP contribution < -0.4 is 4.72 Å². The quantitative estimate of drug-likeness (QED) is 0.547. The number of hydrogen-bond acceptors (Lipinski definition) is 6. The fourth-order valence-electron chi connectivity index (χ4n) is 3.97. The SMILES string of the molecule is C[C@H](CN1CCN(Cc2ccc(Cl)nc2)CC1)NS(=O)(=O)c1cccc2cnccc12. The molecule has 1 aliphatic heterocycles. The Morgan fingerprint density at radius 3 is 2.58 bits per heavy atom. The second-order valence-electron chi connectivity index (χ2n) is 7.94. The highest BCUT2D eigenvalue weighted by Crippen LogP contribution is 2.22. The molecule has 164 valence electrons. The van der Waals surface area contributed by atoms with Gasteiger partial charge in [-0.1, -0.05) is 29.8 Å². The molecule has 0 bridgehead atoms. The second-order valence-corrected chi connectivity index (χ2v) is 10.0. The summed E-state index contributed by atoms with van der Waals surface area (Å²) in [4.78, 5) is 13.2. The van der Waals surface area contributed by atoms with Crippen molar-refractivity contribution in [2.24, 2.45) is 0 Å². The van der Waals surface area contributed by atoms with E-state index in [1.807, 2.05) is 31.3 Å². The van der Waals surface area contributed by atoms with Gasteiger partial charge in [0.05, 0.1) is 4.90 Å². The third kappa shape index (κ3) is 5.58. The second kappa shape index (κ2) is 9.58. The van der Waals surface area contributed by atoms with E-state index in [1.54, 1.807) is 30.6 Å². The van der Waals surface area contributed by atoms with Crippen LogP contribution in [0.15, 0.2) is 59.9 Å². The van der Waals surface area contributed by atoms with Crippen molar-refractivity contribution in [2.45, 2.75) is 24.4 Å². The minimum atomic E-state index is -3.62. The molecule has 1 N–H and O–H groups in total. The van der Waals surface area contributed by atoms with Gasteiger partial charge in [-0.3, -0.25) is 14.8 Å². The third-order valence-corrected chi connectivity index (χ3v) is 7.35. The number of piperazine rings is 1. The van der Waals surface area contributed by atoms with Gasteiger partial charge in [0.25, 0.3) is 0 Å².